The molecule has 4 N–H and O–H groups in total. The number of nitrogens with zero attached hydrogens (tertiary/aromatic N) is 2. The Bertz CT molecular complexity index is 1910. The van der Waals surface area contributed by atoms with Gasteiger partial charge in [-0.3, -0.25) is 19.1 Å². The minimum Gasteiger partial charge on any atom is -0.496 e. The van der Waals surface area contributed by atoms with Crippen LogP contribution in [0.15, 0.2) is 36.5 Å². The number of ether oxygens (including phenoxy) is 2. The first kappa shape index (κ1) is 37.2. The minimum absolute atomic E-state index is 0.00798. The van der Waals surface area contributed by atoms with Crippen molar-refractivity contribution in [2.24, 2.45) is 17.8 Å². The zero-order chi connectivity index (χ0) is 37.6. The molecule has 1 aromatic carbocycles. The first-order chi connectivity index (χ1) is 24.6. The van der Waals surface area contributed by atoms with Crippen molar-refractivity contribution < 1.29 is 51.0 Å². The van der Waals surface area contributed by atoms with Crippen molar-refractivity contribution in [1.82, 2.24) is 25.2 Å². The first-order valence-corrected chi connectivity index (χ1v) is 18.8. The molecule has 3 heterocycles. The maximum Gasteiger partial charge on any atom is 0.405 e. The molecule has 2 aromatic rings. The number of nitrogens with one attached hydrogen (secondary N) is 3. The fourth-order valence-electron chi connectivity index (χ4n) is 7.50. The van der Waals surface area contributed by atoms with Crippen LogP contribution < -0.4 is 24.8 Å². The molecule has 17 heteroatoms. The second-order valence-electron chi connectivity index (χ2n) is 14.6. The predicted molar refractivity (Wildman–Crippen MR) is 183 cm³/mol. The van der Waals surface area contributed by atoms with Crippen LogP contribution in [0.5, 0.6) is 11.6 Å². The summed E-state index contributed by atoms with van der Waals surface area (Å²) < 4.78 is 66.3. The lowest BCUT2D eigenvalue weighted by Gasteiger charge is -2.32. The van der Waals surface area contributed by atoms with Crippen molar-refractivity contribution in [2.45, 2.75) is 87.3 Å². The van der Waals surface area contributed by atoms with Crippen LogP contribution in [-0.4, -0.2) is 96.0 Å². The quantitative estimate of drug-likeness (QED) is 0.292. The van der Waals surface area contributed by atoms with Crippen molar-refractivity contribution >= 4 is 44.6 Å². The molecule has 4 amide bonds. The Balaban J connectivity index is 1.35. The van der Waals surface area contributed by atoms with E-state index < -0.39 is 86.6 Å². The number of sulfonamides is 1. The van der Waals surface area contributed by atoms with Gasteiger partial charge >= 0.3 is 6.09 Å². The van der Waals surface area contributed by atoms with Gasteiger partial charge in [0.2, 0.25) is 27.7 Å². The topological polar surface area (TPSA) is 193 Å². The Kier molecular flexibility index (Phi) is 10.1. The average Bonchev–Trinajstić information content (AvgIpc) is 3.99. The molecule has 3 fully saturated rings. The number of fused-ring (bicyclic) bond motifs is 3. The first-order valence-electron chi connectivity index (χ1n) is 17.3. The van der Waals surface area contributed by atoms with Gasteiger partial charge in [0, 0.05) is 30.0 Å². The maximum atomic E-state index is 14.6. The summed E-state index contributed by atoms with van der Waals surface area (Å²) >= 11 is 0. The lowest BCUT2D eigenvalue weighted by Crippen LogP contribution is -2.59. The lowest BCUT2D eigenvalue weighted by molar-refractivity contribution is -0.142. The van der Waals surface area contributed by atoms with Crippen LogP contribution in [-0.2, 0) is 24.4 Å². The van der Waals surface area contributed by atoms with E-state index in [4.69, 9.17) is 9.47 Å². The van der Waals surface area contributed by atoms with E-state index in [1.807, 2.05) is 17.7 Å². The van der Waals surface area contributed by atoms with E-state index in [9.17, 15) is 41.5 Å². The summed E-state index contributed by atoms with van der Waals surface area (Å²) in [4.78, 5) is 59.8. The average molecular weight is 748 g/mol. The highest BCUT2D eigenvalue weighted by atomic mass is 32.2. The van der Waals surface area contributed by atoms with Gasteiger partial charge in [0.25, 0.3) is 5.91 Å². The molecule has 0 spiro atoms. The van der Waals surface area contributed by atoms with Gasteiger partial charge in [0.15, 0.2) is 0 Å². The number of alkyl halides is 1. The number of methoxy groups -OCH3 is 1. The third-order valence-electron chi connectivity index (χ3n) is 10.8. The zero-order valence-corrected chi connectivity index (χ0v) is 29.9. The molecule has 1 saturated heterocycles. The molecule has 2 aliphatic heterocycles. The van der Waals surface area contributed by atoms with E-state index in [1.165, 1.54) is 30.3 Å². The van der Waals surface area contributed by atoms with E-state index in [1.54, 1.807) is 19.1 Å². The van der Waals surface area contributed by atoms with Crippen molar-refractivity contribution in [2.75, 3.05) is 20.3 Å². The summed E-state index contributed by atoms with van der Waals surface area (Å²) in [6.45, 7) is 2.37. The van der Waals surface area contributed by atoms with Crippen LogP contribution in [0.4, 0.5) is 13.6 Å². The van der Waals surface area contributed by atoms with Crippen LogP contribution in [0.2, 0.25) is 0 Å². The molecular formula is C35H43F2N5O9S. The summed E-state index contributed by atoms with van der Waals surface area (Å²) in [6.07, 6.45) is 4.49. The van der Waals surface area contributed by atoms with Crippen molar-refractivity contribution in [3.05, 3.63) is 42.4 Å². The number of benzene rings is 1. The smallest absolute Gasteiger partial charge is 0.405 e. The van der Waals surface area contributed by atoms with Crippen LogP contribution >= 0.6 is 0 Å². The number of pyridine rings is 1. The third kappa shape index (κ3) is 7.11. The normalized spacial score (nSPS) is 30.2. The molecule has 0 bridgehead atoms. The summed E-state index contributed by atoms with van der Waals surface area (Å²) in [6, 6.07) is 1.51. The summed E-state index contributed by atoms with van der Waals surface area (Å²) in [5, 5.41) is 15.6. The number of hydrogen-bond acceptors (Lipinski definition) is 9. The zero-order valence-electron chi connectivity index (χ0n) is 29.1. The third-order valence-corrected chi connectivity index (χ3v) is 12.9. The van der Waals surface area contributed by atoms with Crippen LogP contribution in [0.1, 0.15) is 58.8 Å². The number of carboxylic acid groups (broad SMARTS) is 1. The number of aromatic nitrogens is 1. The van der Waals surface area contributed by atoms with Crippen molar-refractivity contribution in [3.63, 3.8) is 0 Å². The standard InChI is InChI=1S/C35H43F2N5O9S/c1-19-6-4-5-7-21-16-35(21,32(45)41-52(48,49)34(18-36)9-10-34)40-29(43)26-15-23(17-42(26)31(44)28(20(2)12-19)39-33(46)47)51-30-25-13-22(37)14-27(50-3)24(25)8-11-38-30/h5,7-8,11,13-14,19-21,23,26,28,39H,4,6,9-10,12,15-18H2,1-3H3,(H,40,43)(H,41,45)(H,46,47)/t19-,20+,21+,23+,26-,28-,35+/m0/s1. The SMILES string of the molecule is COc1cc(F)cc2c(O[C@@H]3C[C@H]4C(=O)N[C@]5(C(=O)NS(=O)(=O)C6(CF)CC6)C[C@H]5C=CCC[C@H](C)C[C@@H](C)[C@H](NC(=O)O)C(=O)N4C3)nccc12. The van der Waals surface area contributed by atoms with E-state index >= 15 is 0 Å². The molecule has 6 rings (SSSR count). The highest BCUT2D eigenvalue weighted by Crippen LogP contribution is 2.48. The van der Waals surface area contributed by atoms with Gasteiger partial charge < -0.3 is 30.1 Å². The number of rotatable bonds is 8. The lowest BCUT2D eigenvalue weighted by atomic mass is 9.88. The summed E-state index contributed by atoms with van der Waals surface area (Å²) in [5.41, 5.74) is -1.70. The molecule has 14 nitrogen and oxygen atoms in total. The number of hydrogen-bond donors (Lipinski definition) is 4. The Hall–Kier alpha value is -4.54. The molecule has 2 aliphatic carbocycles. The Morgan fingerprint density at radius 3 is 2.60 bits per heavy atom. The van der Waals surface area contributed by atoms with Crippen molar-refractivity contribution in [3.8, 4) is 11.6 Å². The molecule has 52 heavy (non-hydrogen) atoms. The predicted octanol–water partition coefficient (Wildman–Crippen LogP) is 3.20. The molecule has 1 aromatic heterocycles. The van der Waals surface area contributed by atoms with Gasteiger partial charge in [-0.25, -0.2) is 27.0 Å². The fraction of sp³-hybridized carbons (Fsp3) is 0.571. The van der Waals surface area contributed by atoms with Crippen LogP contribution in [0.25, 0.3) is 10.8 Å². The molecule has 7 atom stereocenters. The van der Waals surface area contributed by atoms with Gasteiger partial charge in [-0.1, -0.05) is 26.0 Å². The number of amides is 4. The van der Waals surface area contributed by atoms with Gasteiger partial charge in [0.1, 0.15) is 46.7 Å². The van der Waals surface area contributed by atoms with E-state index in [0.717, 1.165) is 0 Å². The highest BCUT2D eigenvalue weighted by molar-refractivity contribution is 7.91. The Morgan fingerprint density at radius 1 is 1.17 bits per heavy atom. The Morgan fingerprint density at radius 2 is 1.92 bits per heavy atom. The van der Waals surface area contributed by atoms with Gasteiger partial charge in [-0.05, 0) is 62.5 Å². The number of carbonyl (C=O) groups is 4. The number of halogens is 2. The van der Waals surface area contributed by atoms with Gasteiger partial charge in [-0.15, -0.1) is 0 Å². The number of allylic oxidation sites excluding steroid dienone is 1. The molecule has 0 unspecified atom stereocenters. The summed E-state index contributed by atoms with van der Waals surface area (Å²) in [7, 11) is -3.02. The van der Waals surface area contributed by atoms with E-state index in [-0.39, 0.29) is 55.2 Å². The number of carbonyl (C=O) groups excluding carboxylic acids is 3. The molecule has 282 valence electrons. The molecule has 4 aliphatic rings. The second-order valence-corrected chi connectivity index (χ2v) is 16.7. The summed E-state index contributed by atoms with van der Waals surface area (Å²) in [5.74, 6) is -3.87. The van der Waals surface area contributed by atoms with Gasteiger partial charge in [0.05, 0.1) is 19.0 Å². The van der Waals surface area contributed by atoms with Gasteiger partial charge in [-0.2, -0.15) is 0 Å². The molecule has 2 saturated carbocycles. The molecular weight excluding hydrogens is 704 g/mol. The van der Waals surface area contributed by atoms with Crippen molar-refractivity contribution in [1.29, 1.82) is 0 Å². The van der Waals surface area contributed by atoms with E-state index in [0.29, 0.717) is 24.6 Å². The monoisotopic (exact) mass is 747 g/mol. The maximum absolute atomic E-state index is 14.6. The van der Waals surface area contributed by atoms with Crippen LogP contribution in [0.3, 0.4) is 0 Å². The Labute approximate surface area is 299 Å². The second kappa shape index (κ2) is 14.1. The van der Waals surface area contributed by atoms with E-state index in [2.05, 4.69) is 15.6 Å². The largest absolute Gasteiger partial charge is 0.496 e. The highest BCUT2D eigenvalue weighted by Gasteiger charge is 2.64. The van der Waals surface area contributed by atoms with Crippen LogP contribution in [0, 0.1) is 23.6 Å². The molecule has 0 radical (unpaired) electrons. The minimum atomic E-state index is -4.41. The fourth-order valence-corrected chi connectivity index (χ4v) is 8.92.